The zero-order valence-corrected chi connectivity index (χ0v) is 13.0. The Morgan fingerprint density at radius 2 is 2.06 bits per heavy atom. The molecule has 1 aliphatic heterocycles. The molecular weight excluding hydrogens is 288 g/mol. The number of piperidine rings is 1. The minimum atomic E-state index is 0.901. The van der Waals surface area contributed by atoms with E-state index in [9.17, 15) is 0 Å². The number of benzene rings is 1. The fourth-order valence-electron chi connectivity index (χ4n) is 2.59. The highest BCUT2D eigenvalue weighted by atomic mass is 79.9. The van der Waals surface area contributed by atoms with Crippen molar-refractivity contribution in [3.63, 3.8) is 0 Å². The van der Waals surface area contributed by atoms with Crippen LogP contribution in [0.5, 0.6) is 0 Å². The smallest absolute Gasteiger partial charge is 0.0508 e. The summed E-state index contributed by atoms with van der Waals surface area (Å²) in [7, 11) is 2.19. The van der Waals surface area contributed by atoms with Crippen molar-refractivity contribution in [2.24, 2.45) is 5.92 Å². The summed E-state index contributed by atoms with van der Waals surface area (Å²) < 4.78 is 1.20. The fourth-order valence-corrected chi connectivity index (χ4v) is 3.38. The predicted molar refractivity (Wildman–Crippen MR) is 82.4 cm³/mol. The van der Waals surface area contributed by atoms with Crippen molar-refractivity contribution in [2.75, 3.05) is 31.6 Å². The summed E-state index contributed by atoms with van der Waals surface area (Å²) in [6, 6.07) is 6.58. The molecule has 1 N–H and O–H groups in total. The lowest BCUT2D eigenvalue weighted by Gasteiger charge is -2.27. The Kier molecular flexibility index (Phi) is 5.07. The van der Waals surface area contributed by atoms with Gasteiger partial charge in [0, 0.05) is 18.1 Å². The Morgan fingerprint density at radius 3 is 2.72 bits per heavy atom. The van der Waals surface area contributed by atoms with Crippen molar-refractivity contribution in [1.29, 1.82) is 0 Å². The first kappa shape index (κ1) is 13.9. The van der Waals surface area contributed by atoms with E-state index < -0.39 is 0 Å². The second-order valence-corrected chi connectivity index (χ2v) is 6.21. The second kappa shape index (κ2) is 6.58. The molecule has 3 heteroatoms. The molecule has 1 aliphatic rings. The van der Waals surface area contributed by atoms with Gasteiger partial charge in [-0.3, -0.25) is 0 Å². The molecule has 0 amide bonds. The first-order chi connectivity index (χ1) is 8.66. The molecule has 0 radical (unpaired) electrons. The molecule has 18 heavy (non-hydrogen) atoms. The second-order valence-electron chi connectivity index (χ2n) is 5.36. The van der Waals surface area contributed by atoms with Crippen molar-refractivity contribution < 1.29 is 0 Å². The molecule has 1 aromatic rings. The van der Waals surface area contributed by atoms with Gasteiger partial charge in [0.1, 0.15) is 0 Å². The van der Waals surface area contributed by atoms with Crippen LogP contribution in [-0.2, 0) is 0 Å². The van der Waals surface area contributed by atoms with E-state index >= 15 is 0 Å². The molecule has 2 rings (SSSR count). The van der Waals surface area contributed by atoms with Gasteiger partial charge in [-0.1, -0.05) is 6.07 Å². The van der Waals surface area contributed by atoms with Gasteiger partial charge in [-0.05, 0) is 78.8 Å². The van der Waals surface area contributed by atoms with Gasteiger partial charge in [0.15, 0.2) is 0 Å². The maximum Gasteiger partial charge on any atom is 0.0508 e. The number of hydrogen-bond donors (Lipinski definition) is 1. The van der Waals surface area contributed by atoms with Crippen molar-refractivity contribution >= 4 is 21.6 Å². The first-order valence-electron chi connectivity index (χ1n) is 6.85. The van der Waals surface area contributed by atoms with E-state index in [1.54, 1.807) is 0 Å². The lowest BCUT2D eigenvalue weighted by molar-refractivity contribution is 0.356. The predicted octanol–water partition coefficient (Wildman–Crippen LogP) is 3.58. The molecule has 0 unspecified atom stereocenters. The number of nitrogens with one attached hydrogen (secondary N) is 1. The molecule has 1 aromatic carbocycles. The highest BCUT2D eigenvalue weighted by Gasteiger charge is 2.14. The van der Waals surface area contributed by atoms with Crippen LogP contribution in [0, 0.1) is 12.8 Å². The molecule has 1 fully saturated rings. The van der Waals surface area contributed by atoms with Crippen LogP contribution in [0.4, 0.5) is 5.69 Å². The van der Waals surface area contributed by atoms with E-state index in [0.29, 0.717) is 0 Å². The first-order valence-corrected chi connectivity index (χ1v) is 7.64. The van der Waals surface area contributed by atoms with Crippen LogP contribution >= 0.6 is 15.9 Å². The lowest BCUT2D eigenvalue weighted by atomic mass is 9.94. The van der Waals surface area contributed by atoms with Gasteiger partial charge in [-0.2, -0.15) is 0 Å². The van der Waals surface area contributed by atoms with Gasteiger partial charge >= 0.3 is 0 Å². The minimum Gasteiger partial charge on any atom is -0.374 e. The van der Waals surface area contributed by atoms with Crippen molar-refractivity contribution in [3.8, 4) is 0 Å². The van der Waals surface area contributed by atoms with Gasteiger partial charge in [-0.15, -0.1) is 0 Å². The third-order valence-electron chi connectivity index (χ3n) is 3.85. The molecule has 0 spiro atoms. The monoisotopic (exact) mass is 310 g/mol. The SMILES string of the molecule is Cc1ccc(N(C)CCC2CCNCC2)c(Br)c1. The molecule has 1 heterocycles. The summed E-state index contributed by atoms with van der Waals surface area (Å²) in [5, 5.41) is 3.43. The Labute approximate surface area is 119 Å². The number of nitrogens with zero attached hydrogens (tertiary/aromatic N) is 1. The Bertz CT molecular complexity index is 386. The molecule has 1 saturated heterocycles. The quantitative estimate of drug-likeness (QED) is 0.914. The number of rotatable bonds is 4. The Morgan fingerprint density at radius 1 is 1.33 bits per heavy atom. The standard InChI is InChI=1S/C15H23BrN2/c1-12-3-4-15(14(16)11-12)18(2)10-7-13-5-8-17-9-6-13/h3-4,11,13,17H,5-10H2,1-2H3. The van der Waals surface area contributed by atoms with Gasteiger partial charge in [-0.25, -0.2) is 0 Å². The highest BCUT2D eigenvalue weighted by Crippen LogP contribution is 2.27. The van der Waals surface area contributed by atoms with Gasteiger partial charge < -0.3 is 10.2 Å². The Balaban J connectivity index is 1.88. The molecule has 100 valence electrons. The molecular formula is C15H23BrN2. The largest absolute Gasteiger partial charge is 0.374 e. The van der Waals surface area contributed by atoms with E-state index in [-0.39, 0.29) is 0 Å². The van der Waals surface area contributed by atoms with E-state index in [1.165, 1.54) is 48.1 Å². The van der Waals surface area contributed by atoms with E-state index in [1.807, 2.05) is 0 Å². The Hall–Kier alpha value is -0.540. The molecule has 0 saturated carbocycles. The number of anilines is 1. The zero-order valence-electron chi connectivity index (χ0n) is 11.4. The maximum absolute atomic E-state index is 3.66. The van der Waals surface area contributed by atoms with Crippen LogP contribution in [0.3, 0.4) is 0 Å². The third kappa shape index (κ3) is 3.72. The summed E-state index contributed by atoms with van der Waals surface area (Å²) in [5.74, 6) is 0.901. The average Bonchev–Trinajstić information content (AvgIpc) is 2.37. The summed E-state index contributed by atoms with van der Waals surface area (Å²) in [4.78, 5) is 2.37. The lowest BCUT2D eigenvalue weighted by Crippen LogP contribution is -2.30. The van der Waals surface area contributed by atoms with Crippen LogP contribution in [-0.4, -0.2) is 26.7 Å². The summed E-state index contributed by atoms with van der Waals surface area (Å²) >= 11 is 3.66. The zero-order chi connectivity index (χ0) is 13.0. The number of hydrogen-bond acceptors (Lipinski definition) is 2. The average molecular weight is 311 g/mol. The normalized spacial score (nSPS) is 16.8. The van der Waals surface area contributed by atoms with E-state index in [0.717, 1.165) is 12.5 Å². The molecule has 0 atom stereocenters. The van der Waals surface area contributed by atoms with Crippen LogP contribution in [0.2, 0.25) is 0 Å². The van der Waals surface area contributed by atoms with Crippen molar-refractivity contribution in [2.45, 2.75) is 26.2 Å². The van der Waals surface area contributed by atoms with Gasteiger partial charge in [0.25, 0.3) is 0 Å². The van der Waals surface area contributed by atoms with E-state index in [4.69, 9.17) is 0 Å². The summed E-state index contributed by atoms with van der Waals surface area (Å²) in [6.45, 7) is 5.67. The maximum atomic E-state index is 3.66. The summed E-state index contributed by atoms with van der Waals surface area (Å²) in [6.07, 6.45) is 3.98. The molecule has 2 nitrogen and oxygen atoms in total. The number of halogens is 1. The summed E-state index contributed by atoms with van der Waals surface area (Å²) in [5.41, 5.74) is 2.60. The van der Waals surface area contributed by atoms with Gasteiger partial charge in [0.2, 0.25) is 0 Å². The molecule has 0 aliphatic carbocycles. The highest BCUT2D eigenvalue weighted by molar-refractivity contribution is 9.10. The topological polar surface area (TPSA) is 15.3 Å². The third-order valence-corrected chi connectivity index (χ3v) is 4.48. The van der Waals surface area contributed by atoms with Crippen LogP contribution in [0.15, 0.2) is 22.7 Å². The fraction of sp³-hybridized carbons (Fsp3) is 0.600. The van der Waals surface area contributed by atoms with Crippen LogP contribution in [0.25, 0.3) is 0 Å². The van der Waals surface area contributed by atoms with E-state index in [2.05, 4.69) is 58.3 Å². The van der Waals surface area contributed by atoms with Crippen molar-refractivity contribution in [3.05, 3.63) is 28.2 Å². The minimum absolute atomic E-state index is 0.901. The molecule has 0 aromatic heterocycles. The van der Waals surface area contributed by atoms with Gasteiger partial charge in [0.05, 0.1) is 5.69 Å². The van der Waals surface area contributed by atoms with Crippen molar-refractivity contribution in [1.82, 2.24) is 5.32 Å². The van der Waals surface area contributed by atoms with Crippen LogP contribution < -0.4 is 10.2 Å². The van der Waals surface area contributed by atoms with Crippen LogP contribution in [0.1, 0.15) is 24.8 Å². The number of aryl methyl sites for hydroxylation is 1. The molecule has 0 bridgehead atoms.